The monoisotopic (exact) mass is 302 g/mol. The van der Waals surface area contributed by atoms with E-state index in [2.05, 4.69) is 35.6 Å². The highest BCUT2D eigenvalue weighted by atomic mass is 79.9. The first-order valence-electron chi connectivity index (χ1n) is 4.77. The second kappa shape index (κ2) is 3.68. The Balaban J connectivity index is 2.76. The average Bonchev–Trinajstić information content (AvgIpc) is 2.56. The summed E-state index contributed by atoms with van der Waals surface area (Å²) in [5, 5.41) is 0.756. The Morgan fingerprint density at radius 2 is 1.93 bits per heavy atom. The highest BCUT2D eigenvalue weighted by molar-refractivity contribution is 9.10. The zero-order valence-electron chi connectivity index (χ0n) is 8.90. The number of rotatable bonds is 1. The van der Waals surface area contributed by atoms with Gasteiger partial charge >= 0.3 is 0 Å². The van der Waals surface area contributed by atoms with E-state index in [1.165, 1.54) is 10.6 Å². The Morgan fingerprint density at radius 1 is 1.27 bits per heavy atom. The third kappa shape index (κ3) is 2.03. The van der Waals surface area contributed by atoms with Gasteiger partial charge < -0.3 is 0 Å². The molecule has 15 heavy (non-hydrogen) atoms. The molecule has 0 radical (unpaired) electrons. The third-order valence-corrected chi connectivity index (χ3v) is 7.99. The first-order valence-corrected chi connectivity index (χ1v) is 9.88. The van der Waals surface area contributed by atoms with E-state index >= 15 is 0 Å². The molecule has 1 aromatic heterocycles. The van der Waals surface area contributed by atoms with Crippen LogP contribution in [-0.4, -0.2) is 8.07 Å². The molecule has 0 saturated heterocycles. The molecule has 0 nitrogen and oxygen atoms in total. The van der Waals surface area contributed by atoms with Crippen LogP contribution in [0.4, 0.5) is 4.39 Å². The molecule has 0 N–H and O–H groups in total. The van der Waals surface area contributed by atoms with Gasteiger partial charge in [0.15, 0.2) is 0 Å². The molecule has 4 heteroatoms. The first kappa shape index (κ1) is 11.3. The zero-order chi connectivity index (χ0) is 11.2. The largest absolute Gasteiger partial charge is 0.206 e. The summed E-state index contributed by atoms with van der Waals surface area (Å²) in [6, 6.07) is 5.32. The smallest absolute Gasteiger partial charge is 0.131 e. The van der Waals surface area contributed by atoms with Gasteiger partial charge in [0, 0.05) is 9.86 Å². The highest BCUT2D eigenvalue weighted by Crippen LogP contribution is 2.31. The van der Waals surface area contributed by atoms with Crippen LogP contribution >= 0.6 is 27.3 Å². The van der Waals surface area contributed by atoms with E-state index in [0.29, 0.717) is 0 Å². The maximum absolute atomic E-state index is 13.6. The van der Waals surface area contributed by atoms with Crippen molar-refractivity contribution in [3.63, 3.8) is 0 Å². The molecule has 2 aromatic rings. The molecule has 0 amide bonds. The van der Waals surface area contributed by atoms with Gasteiger partial charge in [-0.15, -0.1) is 11.3 Å². The lowest BCUT2D eigenvalue weighted by Gasteiger charge is -2.11. The van der Waals surface area contributed by atoms with Gasteiger partial charge in [0.05, 0.1) is 12.8 Å². The van der Waals surface area contributed by atoms with Crippen molar-refractivity contribution in [3.05, 3.63) is 28.5 Å². The van der Waals surface area contributed by atoms with Crippen LogP contribution in [0.1, 0.15) is 0 Å². The van der Waals surface area contributed by atoms with E-state index < -0.39 is 8.07 Å². The molecule has 2 rings (SSSR count). The van der Waals surface area contributed by atoms with Gasteiger partial charge in [0.2, 0.25) is 0 Å². The van der Waals surface area contributed by atoms with Gasteiger partial charge in [-0.3, -0.25) is 0 Å². The van der Waals surface area contributed by atoms with E-state index in [0.717, 1.165) is 14.6 Å². The minimum atomic E-state index is -1.33. The van der Waals surface area contributed by atoms with Crippen molar-refractivity contribution in [2.24, 2.45) is 0 Å². The van der Waals surface area contributed by atoms with Crippen LogP contribution in [0.3, 0.4) is 0 Å². The minimum absolute atomic E-state index is 0.117. The van der Waals surface area contributed by atoms with Crippen molar-refractivity contribution in [3.8, 4) is 0 Å². The van der Waals surface area contributed by atoms with E-state index in [4.69, 9.17) is 0 Å². The fourth-order valence-corrected chi connectivity index (χ4v) is 4.95. The number of halogens is 2. The summed E-state index contributed by atoms with van der Waals surface area (Å²) >= 11 is 5.19. The van der Waals surface area contributed by atoms with E-state index in [9.17, 15) is 4.39 Å². The number of hydrogen-bond donors (Lipinski definition) is 0. The molecular formula is C11H12BrFSSi. The van der Waals surface area contributed by atoms with Crippen LogP contribution < -0.4 is 4.50 Å². The average molecular weight is 303 g/mol. The Labute approximate surface area is 102 Å². The zero-order valence-corrected chi connectivity index (χ0v) is 12.3. The van der Waals surface area contributed by atoms with Gasteiger partial charge in [-0.05, 0) is 38.6 Å². The molecule has 0 fully saturated rings. The fourth-order valence-electron chi connectivity index (χ4n) is 1.43. The standard InChI is InChI=1S/C11H12BrFSSi/c1-15(2,3)10-6-7-9(13)5-4-8(12)11(7)14-10/h4-6H,1-3H3. The van der Waals surface area contributed by atoms with Gasteiger partial charge in [0.25, 0.3) is 0 Å². The van der Waals surface area contributed by atoms with Crippen LogP contribution in [0.15, 0.2) is 22.7 Å². The molecule has 0 bridgehead atoms. The molecule has 0 spiro atoms. The summed E-state index contributed by atoms with van der Waals surface area (Å²) in [5.41, 5.74) is 0. The van der Waals surface area contributed by atoms with Crippen LogP contribution in [0, 0.1) is 5.82 Å². The predicted octanol–water partition coefficient (Wildman–Crippen LogP) is 4.35. The summed E-state index contributed by atoms with van der Waals surface area (Å²) in [7, 11) is -1.33. The van der Waals surface area contributed by atoms with Crippen molar-refractivity contribution >= 4 is 49.9 Å². The topological polar surface area (TPSA) is 0 Å². The van der Waals surface area contributed by atoms with Crippen molar-refractivity contribution in [2.75, 3.05) is 0 Å². The Bertz CT molecular complexity index is 474. The Kier molecular flexibility index (Phi) is 2.77. The molecule has 0 aliphatic heterocycles. The van der Waals surface area contributed by atoms with E-state index in [1.807, 2.05) is 6.07 Å². The molecule has 0 aliphatic carbocycles. The molecule has 0 aliphatic rings. The normalized spacial score (nSPS) is 12.3. The lowest BCUT2D eigenvalue weighted by Crippen LogP contribution is -2.34. The number of thiophene rings is 1. The van der Waals surface area contributed by atoms with Crippen molar-refractivity contribution in [1.82, 2.24) is 0 Å². The first-order chi connectivity index (χ1) is 6.89. The lowest BCUT2D eigenvalue weighted by molar-refractivity contribution is 0.640. The Hall–Kier alpha value is -0.193. The van der Waals surface area contributed by atoms with E-state index in [1.54, 1.807) is 17.4 Å². The van der Waals surface area contributed by atoms with Gasteiger partial charge in [0.1, 0.15) is 5.82 Å². The summed E-state index contributed by atoms with van der Waals surface area (Å²) in [6.07, 6.45) is 0. The SMILES string of the molecule is C[Si](C)(C)c1cc2c(F)ccc(Br)c2s1. The summed E-state index contributed by atoms with van der Waals surface area (Å²) in [6.45, 7) is 6.84. The van der Waals surface area contributed by atoms with Crippen molar-refractivity contribution < 1.29 is 4.39 Å². The predicted molar refractivity (Wildman–Crippen MR) is 72.5 cm³/mol. The minimum Gasteiger partial charge on any atom is -0.206 e. The van der Waals surface area contributed by atoms with Gasteiger partial charge in [-0.25, -0.2) is 4.39 Å². The van der Waals surface area contributed by atoms with Crippen molar-refractivity contribution in [2.45, 2.75) is 19.6 Å². The maximum Gasteiger partial charge on any atom is 0.131 e. The lowest BCUT2D eigenvalue weighted by atomic mass is 10.2. The molecule has 80 valence electrons. The van der Waals surface area contributed by atoms with Crippen molar-refractivity contribution in [1.29, 1.82) is 0 Å². The third-order valence-electron chi connectivity index (χ3n) is 2.32. The highest BCUT2D eigenvalue weighted by Gasteiger charge is 2.21. The van der Waals surface area contributed by atoms with Gasteiger partial charge in [-0.1, -0.05) is 19.6 Å². The second-order valence-corrected chi connectivity index (χ2v) is 11.9. The molecular weight excluding hydrogens is 291 g/mol. The van der Waals surface area contributed by atoms with E-state index in [-0.39, 0.29) is 5.82 Å². The summed E-state index contributed by atoms with van der Waals surface area (Å²) in [5.74, 6) is -0.117. The second-order valence-electron chi connectivity index (χ2n) is 4.63. The number of hydrogen-bond acceptors (Lipinski definition) is 1. The van der Waals surface area contributed by atoms with Crippen LogP contribution in [-0.2, 0) is 0 Å². The molecule has 0 unspecified atom stereocenters. The van der Waals surface area contributed by atoms with Crippen LogP contribution in [0.2, 0.25) is 19.6 Å². The molecule has 1 heterocycles. The maximum atomic E-state index is 13.6. The summed E-state index contributed by atoms with van der Waals surface area (Å²) in [4.78, 5) is 0. The molecule has 1 aromatic carbocycles. The fraction of sp³-hybridized carbons (Fsp3) is 0.273. The number of benzene rings is 1. The van der Waals surface area contributed by atoms with Gasteiger partial charge in [-0.2, -0.15) is 0 Å². The number of fused-ring (bicyclic) bond motifs is 1. The quantitative estimate of drug-likeness (QED) is 0.687. The summed E-state index contributed by atoms with van der Waals surface area (Å²) < 4.78 is 16.9. The van der Waals surface area contributed by atoms with Crippen LogP contribution in [0.25, 0.3) is 10.1 Å². The van der Waals surface area contributed by atoms with Crippen LogP contribution in [0.5, 0.6) is 0 Å². The molecule has 0 saturated carbocycles. The Morgan fingerprint density at radius 3 is 2.47 bits per heavy atom. The molecule has 0 atom stereocenters.